The molecule has 1 atom stereocenters. The lowest BCUT2D eigenvalue weighted by Crippen LogP contribution is -2.39. The van der Waals surface area contributed by atoms with Crippen LogP contribution in [0.5, 0.6) is 0 Å². The van der Waals surface area contributed by atoms with E-state index < -0.39 is 12.0 Å². The van der Waals surface area contributed by atoms with E-state index in [2.05, 4.69) is 15.3 Å². The molecule has 1 rings (SSSR count). The van der Waals surface area contributed by atoms with E-state index in [0.29, 0.717) is 25.4 Å². The van der Waals surface area contributed by atoms with Crippen molar-refractivity contribution in [2.24, 2.45) is 11.0 Å². The number of azide groups is 1. The standard InChI is InChI=1S/C12H22N4O2/c13-16-15-8-4-7-14-11(12(17)18)9-10-5-2-1-3-6-10/h10-11,14H,1-9H2,(H,17,18). The van der Waals surface area contributed by atoms with Gasteiger partial charge in [0.2, 0.25) is 0 Å². The fourth-order valence-corrected chi connectivity index (χ4v) is 2.50. The van der Waals surface area contributed by atoms with Crippen molar-refractivity contribution in [3.05, 3.63) is 10.4 Å². The molecule has 0 spiro atoms. The first-order chi connectivity index (χ1) is 8.74. The van der Waals surface area contributed by atoms with Gasteiger partial charge in [-0.15, -0.1) is 0 Å². The molecule has 0 aromatic carbocycles. The van der Waals surface area contributed by atoms with Gasteiger partial charge >= 0.3 is 5.97 Å². The molecular weight excluding hydrogens is 232 g/mol. The average molecular weight is 254 g/mol. The van der Waals surface area contributed by atoms with Crippen LogP contribution < -0.4 is 5.32 Å². The normalized spacial score (nSPS) is 18.0. The zero-order valence-electron chi connectivity index (χ0n) is 10.7. The van der Waals surface area contributed by atoms with Crippen LogP contribution in [-0.2, 0) is 4.79 Å². The van der Waals surface area contributed by atoms with Gasteiger partial charge in [-0.2, -0.15) is 0 Å². The third-order valence-corrected chi connectivity index (χ3v) is 3.48. The van der Waals surface area contributed by atoms with Crippen molar-refractivity contribution in [1.82, 2.24) is 5.32 Å². The van der Waals surface area contributed by atoms with E-state index in [1.807, 2.05) is 0 Å². The van der Waals surface area contributed by atoms with Crippen LogP contribution in [0, 0.1) is 5.92 Å². The third-order valence-electron chi connectivity index (χ3n) is 3.48. The number of carboxylic acids is 1. The summed E-state index contributed by atoms with van der Waals surface area (Å²) in [6.45, 7) is 1.00. The van der Waals surface area contributed by atoms with Crippen LogP contribution in [0.3, 0.4) is 0 Å². The highest BCUT2D eigenvalue weighted by atomic mass is 16.4. The molecule has 1 saturated carbocycles. The van der Waals surface area contributed by atoms with E-state index in [0.717, 1.165) is 19.3 Å². The fourth-order valence-electron chi connectivity index (χ4n) is 2.50. The van der Waals surface area contributed by atoms with Crippen LogP contribution in [0.2, 0.25) is 0 Å². The number of nitrogens with one attached hydrogen (secondary N) is 1. The molecule has 0 amide bonds. The fraction of sp³-hybridized carbons (Fsp3) is 0.917. The van der Waals surface area contributed by atoms with Crippen LogP contribution in [-0.4, -0.2) is 30.2 Å². The Labute approximate surface area is 107 Å². The minimum atomic E-state index is -0.774. The quantitative estimate of drug-likeness (QED) is 0.301. The molecule has 1 aliphatic rings. The van der Waals surface area contributed by atoms with Crippen molar-refractivity contribution in [3.63, 3.8) is 0 Å². The molecule has 1 unspecified atom stereocenters. The highest BCUT2D eigenvalue weighted by molar-refractivity contribution is 5.73. The Bertz CT molecular complexity index is 296. The lowest BCUT2D eigenvalue weighted by atomic mass is 9.85. The number of aliphatic carboxylic acids is 1. The second-order valence-electron chi connectivity index (χ2n) is 4.89. The SMILES string of the molecule is [N-]=[N+]=NCCCNC(CC1CCCCC1)C(=O)O. The van der Waals surface area contributed by atoms with Crippen molar-refractivity contribution in [1.29, 1.82) is 0 Å². The zero-order valence-corrected chi connectivity index (χ0v) is 10.7. The molecule has 102 valence electrons. The van der Waals surface area contributed by atoms with Crippen molar-refractivity contribution in [3.8, 4) is 0 Å². The second kappa shape index (κ2) is 8.78. The Morgan fingerprint density at radius 3 is 2.78 bits per heavy atom. The van der Waals surface area contributed by atoms with Gasteiger partial charge in [0.05, 0.1) is 0 Å². The van der Waals surface area contributed by atoms with E-state index in [9.17, 15) is 4.79 Å². The molecule has 0 heterocycles. The van der Waals surface area contributed by atoms with E-state index in [-0.39, 0.29) is 0 Å². The van der Waals surface area contributed by atoms with E-state index in [4.69, 9.17) is 10.6 Å². The van der Waals surface area contributed by atoms with Crippen molar-refractivity contribution in [2.45, 2.75) is 51.0 Å². The van der Waals surface area contributed by atoms with E-state index in [1.54, 1.807) is 0 Å². The number of hydrogen-bond acceptors (Lipinski definition) is 3. The number of nitrogens with zero attached hydrogens (tertiary/aromatic N) is 3. The molecule has 0 bridgehead atoms. The molecule has 0 aromatic heterocycles. The molecular formula is C12H22N4O2. The highest BCUT2D eigenvalue weighted by Gasteiger charge is 2.23. The summed E-state index contributed by atoms with van der Waals surface area (Å²) < 4.78 is 0. The number of carboxylic acid groups (broad SMARTS) is 1. The predicted octanol–water partition coefficient (Wildman–Crippen LogP) is 2.70. The maximum absolute atomic E-state index is 11.1. The number of hydrogen-bond donors (Lipinski definition) is 2. The molecule has 1 fully saturated rings. The Kier molecular flexibility index (Phi) is 7.22. The van der Waals surface area contributed by atoms with Gasteiger partial charge in [-0.25, -0.2) is 0 Å². The first kappa shape index (κ1) is 14.8. The van der Waals surface area contributed by atoms with Gasteiger partial charge in [0.1, 0.15) is 6.04 Å². The largest absolute Gasteiger partial charge is 0.480 e. The molecule has 0 aliphatic heterocycles. The molecule has 0 saturated heterocycles. The van der Waals surface area contributed by atoms with E-state index in [1.165, 1.54) is 19.3 Å². The third kappa shape index (κ3) is 5.89. The Balaban J connectivity index is 2.25. The van der Waals surface area contributed by atoms with Gasteiger partial charge in [-0.05, 0) is 30.8 Å². The Morgan fingerprint density at radius 2 is 2.17 bits per heavy atom. The maximum Gasteiger partial charge on any atom is 0.320 e. The first-order valence-electron chi connectivity index (χ1n) is 6.71. The highest BCUT2D eigenvalue weighted by Crippen LogP contribution is 2.27. The summed E-state index contributed by atoms with van der Waals surface area (Å²) in [5.74, 6) is -0.228. The van der Waals surface area contributed by atoms with Crippen LogP contribution >= 0.6 is 0 Å². The number of carbonyl (C=O) groups is 1. The van der Waals surface area contributed by atoms with Crippen molar-refractivity contribution in [2.75, 3.05) is 13.1 Å². The maximum atomic E-state index is 11.1. The Hall–Kier alpha value is -1.26. The molecule has 6 heteroatoms. The summed E-state index contributed by atoms with van der Waals surface area (Å²) in [5.41, 5.74) is 8.12. The smallest absolute Gasteiger partial charge is 0.320 e. The molecule has 1 aliphatic carbocycles. The van der Waals surface area contributed by atoms with Crippen LogP contribution in [0.15, 0.2) is 5.11 Å². The number of rotatable bonds is 8. The van der Waals surface area contributed by atoms with Crippen LogP contribution in [0.25, 0.3) is 10.4 Å². The van der Waals surface area contributed by atoms with Crippen molar-refractivity contribution < 1.29 is 9.90 Å². The Morgan fingerprint density at radius 1 is 1.44 bits per heavy atom. The second-order valence-corrected chi connectivity index (χ2v) is 4.89. The van der Waals surface area contributed by atoms with Gasteiger partial charge in [0.25, 0.3) is 0 Å². The summed E-state index contributed by atoms with van der Waals surface area (Å²) in [6, 6.07) is -0.459. The molecule has 2 N–H and O–H groups in total. The molecule has 6 nitrogen and oxygen atoms in total. The van der Waals surface area contributed by atoms with Gasteiger partial charge in [0, 0.05) is 11.5 Å². The van der Waals surface area contributed by atoms with Crippen LogP contribution in [0.4, 0.5) is 0 Å². The predicted molar refractivity (Wildman–Crippen MR) is 69.2 cm³/mol. The van der Waals surface area contributed by atoms with Crippen molar-refractivity contribution >= 4 is 5.97 Å². The van der Waals surface area contributed by atoms with Gasteiger partial charge in [0.15, 0.2) is 0 Å². The molecule has 18 heavy (non-hydrogen) atoms. The summed E-state index contributed by atoms with van der Waals surface area (Å²) in [4.78, 5) is 13.8. The minimum Gasteiger partial charge on any atom is -0.480 e. The topological polar surface area (TPSA) is 98.1 Å². The lowest BCUT2D eigenvalue weighted by Gasteiger charge is -2.25. The molecule has 0 aromatic rings. The summed E-state index contributed by atoms with van der Waals surface area (Å²) in [5, 5.41) is 15.6. The van der Waals surface area contributed by atoms with Gasteiger partial charge < -0.3 is 10.4 Å². The lowest BCUT2D eigenvalue weighted by molar-refractivity contribution is -0.140. The zero-order chi connectivity index (χ0) is 13.2. The van der Waals surface area contributed by atoms with Crippen LogP contribution in [0.1, 0.15) is 44.9 Å². The summed E-state index contributed by atoms with van der Waals surface area (Å²) in [6.07, 6.45) is 7.46. The summed E-state index contributed by atoms with van der Waals surface area (Å²) >= 11 is 0. The average Bonchev–Trinajstić information content (AvgIpc) is 2.38. The first-order valence-corrected chi connectivity index (χ1v) is 6.71. The van der Waals surface area contributed by atoms with Gasteiger partial charge in [-0.3, -0.25) is 4.79 Å². The molecule has 0 radical (unpaired) electrons. The van der Waals surface area contributed by atoms with E-state index >= 15 is 0 Å². The summed E-state index contributed by atoms with van der Waals surface area (Å²) in [7, 11) is 0. The van der Waals surface area contributed by atoms with Gasteiger partial charge in [-0.1, -0.05) is 37.2 Å². The minimum absolute atomic E-state index is 0.416. The monoisotopic (exact) mass is 254 g/mol.